The van der Waals surface area contributed by atoms with Gasteiger partial charge >= 0.3 is 0 Å². The molecule has 0 atom stereocenters. The lowest BCUT2D eigenvalue weighted by atomic mass is 9.86. The van der Waals surface area contributed by atoms with Gasteiger partial charge in [-0.25, -0.2) is 0 Å². The molecule has 0 saturated carbocycles. The van der Waals surface area contributed by atoms with Crippen molar-refractivity contribution in [2.75, 3.05) is 0 Å². The summed E-state index contributed by atoms with van der Waals surface area (Å²) in [5.41, 5.74) is 3.19. The third-order valence-corrected chi connectivity index (χ3v) is 3.10. The van der Waals surface area contributed by atoms with Crippen molar-refractivity contribution in [2.45, 2.75) is 39.0 Å². The Labute approximate surface area is 96.4 Å². The van der Waals surface area contributed by atoms with Crippen LogP contribution in [0.25, 0.3) is 5.57 Å². The van der Waals surface area contributed by atoms with Gasteiger partial charge in [-0.1, -0.05) is 13.0 Å². The van der Waals surface area contributed by atoms with Gasteiger partial charge in [-0.3, -0.25) is 9.78 Å². The number of allylic oxidation sites excluding steroid dienone is 2. The van der Waals surface area contributed by atoms with Crippen molar-refractivity contribution < 1.29 is 4.79 Å². The van der Waals surface area contributed by atoms with E-state index in [1.165, 1.54) is 12.0 Å². The van der Waals surface area contributed by atoms with Crippen LogP contribution in [0.5, 0.6) is 0 Å². The van der Waals surface area contributed by atoms with Crippen molar-refractivity contribution >= 4 is 11.4 Å². The van der Waals surface area contributed by atoms with E-state index in [0.29, 0.717) is 12.2 Å². The number of carbonyl (C=O) groups excluding carboxylic acids is 1. The van der Waals surface area contributed by atoms with Crippen molar-refractivity contribution in [3.05, 3.63) is 35.7 Å². The van der Waals surface area contributed by atoms with Gasteiger partial charge in [0.1, 0.15) is 0 Å². The van der Waals surface area contributed by atoms with E-state index in [2.05, 4.69) is 4.98 Å². The molecule has 2 rings (SSSR count). The zero-order valence-electron chi connectivity index (χ0n) is 9.70. The van der Waals surface area contributed by atoms with Gasteiger partial charge in [0.25, 0.3) is 0 Å². The number of pyridine rings is 1. The molecule has 2 heteroatoms. The molecule has 2 nitrogen and oxygen atoms in total. The molecule has 1 aromatic heterocycles. The van der Waals surface area contributed by atoms with Crippen LogP contribution in [0.3, 0.4) is 0 Å². The molecular formula is C14H17NO. The smallest absolute Gasteiger partial charge is 0.158 e. The molecule has 0 aromatic carbocycles. The molecule has 0 bridgehead atoms. The minimum Gasteiger partial charge on any atom is -0.295 e. The minimum absolute atomic E-state index is 0.292. The highest BCUT2D eigenvalue weighted by molar-refractivity contribution is 6.02. The summed E-state index contributed by atoms with van der Waals surface area (Å²) in [5, 5.41) is 0. The first-order chi connectivity index (χ1) is 7.83. The van der Waals surface area contributed by atoms with E-state index in [1.807, 2.05) is 25.1 Å². The summed E-state index contributed by atoms with van der Waals surface area (Å²) in [6, 6.07) is 5.90. The van der Waals surface area contributed by atoms with E-state index in [9.17, 15) is 4.79 Å². The van der Waals surface area contributed by atoms with Gasteiger partial charge in [-0.2, -0.15) is 0 Å². The van der Waals surface area contributed by atoms with Gasteiger partial charge in [0.2, 0.25) is 0 Å². The Balaban J connectivity index is 2.41. The van der Waals surface area contributed by atoms with E-state index in [0.717, 1.165) is 30.5 Å². The summed E-state index contributed by atoms with van der Waals surface area (Å²) >= 11 is 0. The molecule has 0 fully saturated rings. The molecule has 0 N–H and O–H groups in total. The molecule has 1 aliphatic rings. The Kier molecular flexibility index (Phi) is 3.50. The lowest BCUT2D eigenvalue weighted by Gasteiger charge is -2.18. The molecule has 1 heterocycles. The van der Waals surface area contributed by atoms with Gasteiger partial charge in [0.05, 0.1) is 5.69 Å². The second-order valence-corrected chi connectivity index (χ2v) is 4.16. The summed E-state index contributed by atoms with van der Waals surface area (Å²) < 4.78 is 0. The molecule has 0 radical (unpaired) electrons. The van der Waals surface area contributed by atoms with Crippen LogP contribution in [0.1, 0.15) is 44.7 Å². The maximum atomic E-state index is 11.9. The highest BCUT2D eigenvalue weighted by Gasteiger charge is 2.19. The first-order valence-electron chi connectivity index (χ1n) is 5.99. The normalized spacial score (nSPS) is 16.3. The fourth-order valence-electron chi connectivity index (χ4n) is 2.25. The van der Waals surface area contributed by atoms with Crippen molar-refractivity contribution in [1.82, 2.24) is 4.98 Å². The molecule has 0 unspecified atom stereocenters. The average molecular weight is 215 g/mol. The molecule has 0 spiro atoms. The highest BCUT2D eigenvalue weighted by Crippen LogP contribution is 2.32. The number of Topliss-reactive ketones (excluding diaryl/α,β-unsaturated/α-hetero) is 1. The lowest BCUT2D eigenvalue weighted by molar-refractivity contribution is -0.115. The molecule has 0 saturated heterocycles. The molecular weight excluding hydrogens is 198 g/mol. The molecule has 16 heavy (non-hydrogen) atoms. The largest absolute Gasteiger partial charge is 0.295 e. The Hall–Kier alpha value is -1.44. The number of carbonyl (C=O) groups is 1. The third kappa shape index (κ3) is 2.21. The summed E-state index contributed by atoms with van der Waals surface area (Å²) in [7, 11) is 0. The summed E-state index contributed by atoms with van der Waals surface area (Å²) in [6.45, 7) is 1.93. The van der Waals surface area contributed by atoms with Crippen molar-refractivity contribution in [3.8, 4) is 0 Å². The minimum atomic E-state index is 0.292. The fourth-order valence-corrected chi connectivity index (χ4v) is 2.25. The summed E-state index contributed by atoms with van der Waals surface area (Å²) in [5.74, 6) is 0.292. The highest BCUT2D eigenvalue weighted by atomic mass is 16.1. The van der Waals surface area contributed by atoms with Gasteiger partial charge in [-0.05, 0) is 43.4 Å². The first kappa shape index (κ1) is 11.1. The number of ketones is 1. The van der Waals surface area contributed by atoms with E-state index in [4.69, 9.17) is 0 Å². The van der Waals surface area contributed by atoms with Crippen LogP contribution in [0, 0.1) is 0 Å². The Morgan fingerprint density at radius 1 is 1.31 bits per heavy atom. The zero-order valence-corrected chi connectivity index (χ0v) is 9.70. The van der Waals surface area contributed by atoms with E-state index < -0.39 is 0 Å². The number of hydrogen-bond acceptors (Lipinski definition) is 2. The number of aromatic nitrogens is 1. The van der Waals surface area contributed by atoms with Gasteiger partial charge in [0, 0.05) is 18.2 Å². The lowest BCUT2D eigenvalue weighted by Crippen LogP contribution is -2.09. The quantitative estimate of drug-likeness (QED) is 0.773. The van der Waals surface area contributed by atoms with Crippen LogP contribution >= 0.6 is 0 Å². The van der Waals surface area contributed by atoms with Crippen LogP contribution < -0.4 is 0 Å². The van der Waals surface area contributed by atoms with Gasteiger partial charge < -0.3 is 0 Å². The van der Waals surface area contributed by atoms with Crippen molar-refractivity contribution in [1.29, 1.82) is 0 Å². The van der Waals surface area contributed by atoms with Crippen LogP contribution in [-0.4, -0.2) is 10.8 Å². The van der Waals surface area contributed by atoms with Crippen LogP contribution in [0.2, 0.25) is 0 Å². The number of hydrogen-bond donors (Lipinski definition) is 0. The Morgan fingerprint density at radius 3 is 2.81 bits per heavy atom. The molecule has 84 valence electrons. The van der Waals surface area contributed by atoms with Crippen LogP contribution in [-0.2, 0) is 4.79 Å². The number of rotatable bonds is 3. The molecule has 1 aromatic rings. The van der Waals surface area contributed by atoms with Crippen molar-refractivity contribution in [2.24, 2.45) is 0 Å². The third-order valence-electron chi connectivity index (χ3n) is 3.10. The molecule has 1 aliphatic carbocycles. The molecule has 0 aliphatic heterocycles. The van der Waals surface area contributed by atoms with Gasteiger partial charge in [-0.15, -0.1) is 0 Å². The second-order valence-electron chi connectivity index (χ2n) is 4.16. The monoisotopic (exact) mass is 215 g/mol. The number of nitrogens with zero attached hydrogens (tertiary/aromatic N) is 1. The predicted octanol–water partition coefficient (Wildman–Crippen LogP) is 3.39. The maximum Gasteiger partial charge on any atom is 0.158 e. The van der Waals surface area contributed by atoms with E-state index in [-0.39, 0.29) is 0 Å². The van der Waals surface area contributed by atoms with Crippen LogP contribution in [0.4, 0.5) is 0 Å². The van der Waals surface area contributed by atoms with Crippen LogP contribution in [0.15, 0.2) is 30.0 Å². The Morgan fingerprint density at radius 2 is 2.12 bits per heavy atom. The van der Waals surface area contributed by atoms with E-state index in [1.54, 1.807) is 6.20 Å². The maximum absolute atomic E-state index is 11.9. The standard InChI is InChI=1S/C14H17NO/c1-2-14(16)12-8-4-3-7-11(12)13-9-5-6-10-15-13/h5-6,9-10H,2-4,7-8H2,1H3. The topological polar surface area (TPSA) is 30.0 Å². The fraction of sp³-hybridized carbons (Fsp3) is 0.429. The summed E-state index contributed by atoms with van der Waals surface area (Å²) in [4.78, 5) is 16.2. The zero-order chi connectivity index (χ0) is 11.4. The summed E-state index contributed by atoms with van der Waals surface area (Å²) in [6.07, 6.45) is 6.64. The van der Waals surface area contributed by atoms with Crippen molar-refractivity contribution in [3.63, 3.8) is 0 Å². The van der Waals surface area contributed by atoms with Gasteiger partial charge in [0.15, 0.2) is 5.78 Å². The first-order valence-corrected chi connectivity index (χ1v) is 5.99. The Bertz CT molecular complexity index is 406. The average Bonchev–Trinajstić information content (AvgIpc) is 2.39. The molecule has 0 amide bonds. The predicted molar refractivity (Wildman–Crippen MR) is 64.9 cm³/mol. The SMILES string of the molecule is CCC(=O)C1=C(c2ccccn2)CCCC1. The van der Waals surface area contributed by atoms with E-state index >= 15 is 0 Å². The second kappa shape index (κ2) is 5.06.